The molecule has 2 nitrogen and oxygen atoms in total. The Bertz CT molecular complexity index is 1180. The number of hydrogen-bond acceptors (Lipinski definition) is 2. The molecule has 37 heavy (non-hydrogen) atoms. The van der Waals surface area contributed by atoms with Gasteiger partial charge in [0.2, 0.25) is 5.82 Å². The second-order valence-corrected chi connectivity index (χ2v) is 9.72. The molecule has 0 bridgehead atoms. The monoisotopic (exact) mass is 514 g/mol. The minimum Gasteiger partial charge on any atom is -0.490 e. The molecule has 0 amide bonds. The number of halogens is 4. The van der Waals surface area contributed by atoms with E-state index in [1.54, 1.807) is 36.4 Å². The summed E-state index contributed by atoms with van der Waals surface area (Å²) in [7, 11) is 0. The van der Waals surface area contributed by atoms with Crippen molar-refractivity contribution < 1.29 is 27.0 Å². The van der Waals surface area contributed by atoms with E-state index >= 15 is 8.78 Å². The van der Waals surface area contributed by atoms with Gasteiger partial charge in [-0.3, -0.25) is 0 Å². The van der Waals surface area contributed by atoms with Gasteiger partial charge in [0.05, 0.1) is 19.3 Å². The molecule has 0 radical (unpaired) electrons. The lowest BCUT2D eigenvalue weighted by Gasteiger charge is -2.29. The fourth-order valence-electron chi connectivity index (χ4n) is 4.91. The first kappa shape index (κ1) is 27.2. The van der Waals surface area contributed by atoms with Crippen molar-refractivity contribution in [1.82, 2.24) is 0 Å². The highest BCUT2D eigenvalue weighted by Gasteiger charge is 2.27. The van der Waals surface area contributed by atoms with Gasteiger partial charge in [-0.1, -0.05) is 69.5 Å². The van der Waals surface area contributed by atoms with E-state index < -0.39 is 23.3 Å². The molecule has 0 aliphatic carbocycles. The van der Waals surface area contributed by atoms with Crippen molar-refractivity contribution >= 4 is 0 Å². The highest BCUT2D eigenvalue weighted by molar-refractivity contribution is 5.72. The molecule has 2 atom stereocenters. The molecule has 6 heteroatoms. The van der Waals surface area contributed by atoms with Crippen LogP contribution in [0.4, 0.5) is 17.6 Å². The average Bonchev–Trinajstić information content (AvgIpc) is 2.92. The third kappa shape index (κ3) is 6.18. The molecule has 3 aromatic carbocycles. The van der Waals surface area contributed by atoms with Crippen molar-refractivity contribution in [2.24, 2.45) is 0 Å². The van der Waals surface area contributed by atoms with Crippen LogP contribution in [0.5, 0.6) is 5.75 Å². The quantitative estimate of drug-likeness (QED) is 0.198. The van der Waals surface area contributed by atoms with Crippen LogP contribution in [0.1, 0.15) is 70.3 Å². The zero-order chi connectivity index (χ0) is 26.4. The molecule has 1 saturated heterocycles. The molecule has 1 aliphatic rings. The minimum absolute atomic E-state index is 0.0696. The van der Waals surface area contributed by atoms with Gasteiger partial charge in [0.15, 0.2) is 23.2 Å². The maximum absolute atomic E-state index is 15.1. The smallest absolute Gasteiger partial charge is 0.201 e. The summed E-state index contributed by atoms with van der Waals surface area (Å²) >= 11 is 0. The van der Waals surface area contributed by atoms with Crippen molar-refractivity contribution in [2.75, 3.05) is 13.2 Å². The van der Waals surface area contributed by atoms with Gasteiger partial charge in [-0.25, -0.2) is 13.2 Å². The summed E-state index contributed by atoms with van der Waals surface area (Å²) in [6.07, 6.45) is 6.97. The van der Waals surface area contributed by atoms with Crippen LogP contribution in [0.15, 0.2) is 48.5 Å². The molecule has 1 aliphatic heterocycles. The highest BCUT2D eigenvalue weighted by atomic mass is 19.2. The average molecular weight is 515 g/mol. The number of rotatable bonds is 10. The summed E-state index contributed by atoms with van der Waals surface area (Å²) in [5.74, 6) is -4.12. The zero-order valence-electron chi connectivity index (χ0n) is 21.5. The molecule has 0 aromatic heterocycles. The molecule has 0 spiro atoms. The van der Waals surface area contributed by atoms with E-state index in [4.69, 9.17) is 9.47 Å². The molecule has 1 heterocycles. The van der Waals surface area contributed by atoms with Gasteiger partial charge in [0.1, 0.15) is 0 Å². The van der Waals surface area contributed by atoms with Crippen LogP contribution in [0, 0.1) is 23.3 Å². The number of hydrogen-bond donors (Lipinski definition) is 0. The van der Waals surface area contributed by atoms with Gasteiger partial charge in [-0.05, 0) is 54.5 Å². The summed E-state index contributed by atoms with van der Waals surface area (Å²) in [6.45, 7) is 4.72. The molecule has 3 aromatic rings. The summed E-state index contributed by atoms with van der Waals surface area (Å²) < 4.78 is 70.5. The highest BCUT2D eigenvalue weighted by Crippen LogP contribution is 2.36. The summed E-state index contributed by atoms with van der Waals surface area (Å²) in [5, 5.41) is 0. The number of benzene rings is 3. The third-order valence-electron chi connectivity index (χ3n) is 7.07. The van der Waals surface area contributed by atoms with E-state index in [2.05, 4.69) is 6.92 Å². The van der Waals surface area contributed by atoms with Crippen molar-refractivity contribution in [3.05, 3.63) is 77.4 Å². The Morgan fingerprint density at radius 3 is 1.97 bits per heavy atom. The van der Waals surface area contributed by atoms with E-state index in [0.29, 0.717) is 36.3 Å². The Kier molecular flexibility index (Phi) is 9.25. The predicted molar refractivity (Wildman–Crippen MR) is 139 cm³/mol. The Labute approximate surface area is 216 Å². The van der Waals surface area contributed by atoms with Crippen LogP contribution in [-0.2, 0) is 4.74 Å². The Morgan fingerprint density at radius 2 is 1.38 bits per heavy atom. The predicted octanol–water partition coefficient (Wildman–Crippen LogP) is 9.21. The first-order chi connectivity index (χ1) is 17.9. The maximum atomic E-state index is 15.1. The first-order valence-corrected chi connectivity index (χ1v) is 13.3. The normalized spacial score (nSPS) is 17.7. The lowest BCUT2D eigenvalue weighted by molar-refractivity contribution is -0.00277. The lowest BCUT2D eigenvalue weighted by atomic mass is 9.88. The van der Waals surface area contributed by atoms with Crippen LogP contribution in [-0.4, -0.2) is 19.3 Å². The van der Waals surface area contributed by atoms with Gasteiger partial charge < -0.3 is 9.47 Å². The van der Waals surface area contributed by atoms with Gasteiger partial charge in [-0.2, -0.15) is 4.39 Å². The van der Waals surface area contributed by atoms with Crippen molar-refractivity contribution in [2.45, 2.75) is 70.8 Å². The molecule has 4 rings (SSSR count). The molecule has 2 unspecified atom stereocenters. The van der Waals surface area contributed by atoms with Crippen molar-refractivity contribution in [1.29, 1.82) is 0 Å². The lowest BCUT2D eigenvalue weighted by Crippen LogP contribution is -2.25. The van der Waals surface area contributed by atoms with E-state index in [-0.39, 0.29) is 28.9 Å². The summed E-state index contributed by atoms with van der Waals surface area (Å²) in [5.41, 5.74) is 1.41. The maximum Gasteiger partial charge on any atom is 0.201 e. The van der Waals surface area contributed by atoms with Crippen molar-refractivity contribution in [3.8, 4) is 28.0 Å². The number of ether oxygens (including phenoxy) is 2. The molecule has 1 fully saturated rings. The van der Waals surface area contributed by atoms with Gasteiger partial charge in [0.25, 0.3) is 0 Å². The van der Waals surface area contributed by atoms with Gasteiger partial charge in [-0.15, -0.1) is 0 Å². The van der Waals surface area contributed by atoms with Crippen LogP contribution >= 0.6 is 0 Å². The fourth-order valence-corrected chi connectivity index (χ4v) is 4.91. The Balaban J connectivity index is 1.48. The Morgan fingerprint density at radius 1 is 0.730 bits per heavy atom. The summed E-state index contributed by atoms with van der Waals surface area (Å²) in [4.78, 5) is 0. The van der Waals surface area contributed by atoms with Crippen LogP contribution in [0.25, 0.3) is 22.3 Å². The standard InChI is InChI=1S/C31H34F4O2/c1-3-5-6-7-23-13-12-22(19-37-23)26-15-14-24(28(32)29(26)33)20-8-10-21(11-9-20)25-16-17-27(36-18-4-2)31(35)30(25)34/h8-11,14-17,22-23H,3-7,12-13,18-19H2,1-2H3. The molecule has 0 saturated carbocycles. The second-order valence-electron chi connectivity index (χ2n) is 9.72. The van der Waals surface area contributed by atoms with Crippen LogP contribution < -0.4 is 4.74 Å². The van der Waals surface area contributed by atoms with E-state index in [0.717, 1.165) is 32.1 Å². The van der Waals surface area contributed by atoms with E-state index in [1.807, 2.05) is 6.92 Å². The molecular weight excluding hydrogens is 480 g/mol. The van der Waals surface area contributed by atoms with Gasteiger partial charge >= 0.3 is 0 Å². The molecule has 198 valence electrons. The van der Waals surface area contributed by atoms with Crippen molar-refractivity contribution in [3.63, 3.8) is 0 Å². The fraction of sp³-hybridized carbons (Fsp3) is 0.419. The van der Waals surface area contributed by atoms with Crippen LogP contribution in [0.2, 0.25) is 0 Å². The van der Waals surface area contributed by atoms with E-state index in [9.17, 15) is 8.78 Å². The van der Waals surface area contributed by atoms with Crippen LogP contribution in [0.3, 0.4) is 0 Å². The summed E-state index contributed by atoms with van der Waals surface area (Å²) in [6, 6.07) is 12.4. The first-order valence-electron chi connectivity index (χ1n) is 13.3. The topological polar surface area (TPSA) is 18.5 Å². The number of unbranched alkanes of at least 4 members (excludes halogenated alkanes) is 2. The largest absolute Gasteiger partial charge is 0.490 e. The molecular formula is C31H34F4O2. The molecule has 0 N–H and O–H groups in total. The minimum atomic E-state index is -1.04. The van der Waals surface area contributed by atoms with E-state index in [1.165, 1.54) is 18.6 Å². The second kappa shape index (κ2) is 12.6. The van der Waals surface area contributed by atoms with Gasteiger partial charge in [0, 0.05) is 17.0 Å². The third-order valence-corrected chi connectivity index (χ3v) is 7.07. The SMILES string of the molecule is CCCCCC1CCC(c2ccc(-c3ccc(-c4ccc(OCCC)c(F)c4F)cc3)c(F)c2F)CO1. The Hall–Kier alpha value is -2.86. The zero-order valence-corrected chi connectivity index (χ0v) is 21.5.